The average Bonchev–Trinajstić information content (AvgIpc) is 2.70. The molecule has 94 valence electrons. The van der Waals surface area contributed by atoms with E-state index in [0.717, 1.165) is 19.3 Å². The molecule has 0 aliphatic heterocycles. The zero-order chi connectivity index (χ0) is 12.4. The van der Waals surface area contributed by atoms with Crippen molar-refractivity contribution in [2.75, 3.05) is 6.61 Å². The molecule has 0 aromatic carbocycles. The maximum atomic E-state index is 11.9. The predicted molar refractivity (Wildman–Crippen MR) is 64.3 cm³/mol. The van der Waals surface area contributed by atoms with Crippen LogP contribution in [0.15, 0.2) is 11.6 Å². The highest BCUT2D eigenvalue weighted by Crippen LogP contribution is 2.43. The van der Waals surface area contributed by atoms with Gasteiger partial charge in [0.25, 0.3) is 0 Å². The molecule has 3 nitrogen and oxygen atoms in total. The zero-order valence-electron chi connectivity index (χ0n) is 10.6. The van der Waals surface area contributed by atoms with Crippen molar-refractivity contribution >= 4 is 11.8 Å². The van der Waals surface area contributed by atoms with E-state index in [4.69, 9.17) is 4.74 Å². The Labute approximate surface area is 102 Å². The molecule has 3 atom stereocenters. The van der Waals surface area contributed by atoms with Crippen LogP contribution in [0.4, 0.5) is 0 Å². The summed E-state index contributed by atoms with van der Waals surface area (Å²) in [6, 6.07) is 0. The minimum atomic E-state index is -0.185. The molecule has 0 saturated heterocycles. The lowest BCUT2D eigenvalue weighted by Crippen LogP contribution is -2.32. The molecule has 0 heterocycles. The molecule has 1 fully saturated rings. The SMILES string of the molecule is CCOC(=O)C1C=C(CC)CC2C(=O)CC[C@H]12. The summed E-state index contributed by atoms with van der Waals surface area (Å²) in [5.41, 5.74) is 1.24. The first kappa shape index (κ1) is 12.3. The van der Waals surface area contributed by atoms with E-state index in [0.29, 0.717) is 18.8 Å². The lowest BCUT2D eigenvalue weighted by Gasteiger charge is -2.30. The molecule has 0 amide bonds. The Bertz CT molecular complexity index is 356. The van der Waals surface area contributed by atoms with E-state index in [2.05, 4.69) is 13.0 Å². The molecule has 2 aliphatic carbocycles. The molecule has 0 radical (unpaired) electrons. The largest absolute Gasteiger partial charge is 0.466 e. The van der Waals surface area contributed by atoms with Crippen LogP contribution in [0, 0.1) is 17.8 Å². The van der Waals surface area contributed by atoms with Crippen molar-refractivity contribution in [3.63, 3.8) is 0 Å². The van der Waals surface area contributed by atoms with Crippen molar-refractivity contribution in [2.45, 2.75) is 39.5 Å². The summed E-state index contributed by atoms with van der Waals surface area (Å²) in [5, 5.41) is 0. The van der Waals surface area contributed by atoms with Crippen LogP contribution in [-0.2, 0) is 14.3 Å². The lowest BCUT2D eigenvalue weighted by atomic mass is 9.74. The Balaban J connectivity index is 2.22. The molecule has 3 heteroatoms. The van der Waals surface area contributed by atoms with Gasteiger partial charge in [-0.25, -0.2) is 0 Å². The van der Waals surface area contributed by atoms with Crippen molar-refractivity contribution in [3.05, 3.63) is 11.6 Å². The summed E-state index contributed by atoms with van der Waals surface area (Å²) in [6.45, 7) is 4.31. The minimum Gasteiger partial charge on any atom is -0.466 e. The van der Waals surface area contributed by atoms with E-state index in [1.54, 1.807) is 0 Å². The minimum absolute atomic E-state index is 0.0735. The fourth-order valence-corrected chi connectivity index (χ4v) is 3.10. The molecule has 0 N–H and O–H groups in total. The standard InChI is InChI=1S/C14H20O3/c1-3-9-7-11-10(5-6-13(11)15)12(8-9)14(16)17-4-2/h8,10-12H,3-7H2,1-2H3/t10-,11?,12?/m0/s1. The van der Waals surface area contributed by atoms with Crippen LogP contribution in [0.2, 0.25) is 0 Å². The summed E-state index contributed by atoms with van der Waals surface area (Å²) >= 11 is 0. The Kier molecular flexibility index (Phi) is 3.65. The molecule has 2 unspecified atom stereocenters. The maximum Gasteiger partial charge on any atom is 0.313 e. The van der Waals surface area contributed by atoms with Crippen molar-refractivity contribution in [1.82, 2.24) is 0 Å². The predicted octanol–water partition coefficient (Wildman–Crippen LogP) is 2.50. The number of allylic oxidation sites excluding steroid dienone is 1. The first-order valence-electron chi connectivity index (χ1n) is 6.56. The van der Waals surface area contributed by atoms with Gasteiger partial charge >= 0.3 is 5.97 Å². The summed E-state index contributed by atoms with van der Waals surface area (Å²) in [4.78, 5) is 23.7. The first-order valence-corrected chi connectivity index (χ1v) is 6.56. The quantitative estimate of drug-likeness (QED) is 0.558. The number of fused-ring (bicyclic) bond motifs is 1. The van der Waals surface area contributed by atoms with E-state index >= 15 is 0 Å². The van der Waals surface area contributed by atoms with Gasteiger partial charge in [0, 0.05) is 12.3 Å². The Morgan fingerprint density at radius 2 is 2.24 bits per heavy atom. The van der Waals surface area contributed by atoms with Gasteiger partial charge in [-0.2, -0.15) is 0 Å². The lowest BCUT2D eigenvalue weighted by molar-refractivity contribution is -0.148. The van der Waals surface area contributed by atoms with E-state index in [1.807, 2.05) is 6.92 Å². The third-order valence-corrected chi connectivity index (χ3v) is 4.03. The van der Waals surface area contributed by atoms with Crippen LogP contribution in [0.5, 0.6) is 0 Å². The van der Waals surface area contributed by atoms with Gasteiger partial charge in [0.15, 0.2) is 0 Å². The normalized spacial score (nSPS) is 32.0. The number of esters is 1. The Morgan fingerprint density at radius 3 is 2.88 bits per heavy atom. The van der Waals surface area contributed by atoms with Crippen LogP contribution in [0.1, 0.15) is 39.5 Å². The summed E-state index contributed by atoms with van der Waals surface area (Å²) in [5.74, 6) is 0.266. The van der Waals surface area contributed by atoms with Crippen LogP contribution >= 0.6 is 0 Å². The third kappa shape index (κ3) is 2.28. The van der Waals surface area contributed by atoms with E-state index < -0.39 is 0 Å². The number of carbonyl (C=O) groups is 2. The molecular weight excluding hydrogens is 216 g/mol. The Morgan fingerprint density at radius 1 is 1.47 bits per heavy atom. The monoisotopic (exact) mass is 236 g/mol. The highest BCUT2D eigenvalue weighted by Gasteiger charge is 2.44. The van der Waals surface area contributed by atoms with Crippen LogP contribution in [0.3, 0.4) is 0 Å². The Hall–Kier alpha value is -1.12. The number of ether oxygens (including phenoxy) is 1. The van der Waals surface area contributed by atoms with Crippen molar-refractivity contribution < 1.29 is 14.3 Å². The van der Waals surface area contributed by atoms with E-state index in [1.165, 1.54) is 5.57 Å². The molecule has 0 bridgehead atoms. The fourth-order valence-electron chi connectivity index (χ4n) is 3.10. The number of carbonyl (C=O) groups excluding carboxylic acids is 2. The van der Waals surface area contributed by atoms with Gasteiger partial charge in [-0.05, 0) is 32.1 Å². The molecule has 2 aliphatic rings. The van der Waals surface area contributed by atoms with Gasteiger partial charge in [0.2, 0.25) is 0 Å². The highest BCUT2D eigenvalue weighted by molar-refractivity contribution is 5.86. The smallest absolute Gasteiger partial charge is 0.313 e. The van der Waals surface area contributed by atoms with Crippen LogP contribution < -0.4 is 0 Å². The van der Waals surface area contributed by atoms with Crippen LogP contribution in [0.25, 0.3) is 0 Å². The summed E-state index contributed by atoms with van der Waals surface area (Å²) in [6.07, 6.45) is 5.32. The van der Waals surface area contributed by atoms with Gasteiger partial charge in [0.05, 0.1) is 12.5 Å². The van der Waals surface area contributed by atoms with Gasteiger partial charge in [-0.15, -0.1) is 0 Å². The fraction of sp³-hybridized carbons (Fsp3) is 0.714. The molecule has 17 heavy (non-hydrogen) atoms. The number of hydrogen-bond donors (Lipinski definition) is 0. The number of Topliss-reactive ketones (excluding diaryl/α,β-unsaturated/α-hetero) is 1. The van der Waals surface area contributed by atoms with E-state index in [9.17, 15) is 9.59 Å². The summed E-state index contributed by atoms with van der Waals surface area (Å²) in [7, 11) is 0. The van der Waals surface area contributed by atoms with Crippen molar-refractivity contribution in [3.8, 4) is 0 Å². The summed E-state index contributed by atoms with van der Waals surface area (Å²) < 4.78 is 5.12. The zero-order valence-corrected chi connectivity index (χ0v) is 10.6. The van der Waals surface area contributed by atoms with E-state index in [-0.39, 0.29) is 23.7 Å². The average molecular weight is 236 g/mol. The molecule has 0 aromatic rings. The number of hydrogen-bond acceptors (Lipinski definition) is 3. The number of ketones is 1. The van der Waals surface area contributed by atoms with Gasteiger partial charge in [-0.3, -0.25) is 9.59 Å². The van der Waals surface area contributed by atoms with Crippen molar-refractivity contribution in [2.24, 2.45) is 17.8 Å². The van der Waals surface area contributed by atoms with Crippen molar-refractivity contribution in [1.29, 1.82) is 0 Å². The first-order chi connectivity index (χ1) is 8.17. The molecular formula is C14H20O3. The van der Waals surface area contributed by atoms with Gasteiger partial charge in [0.1, 0.15) is 5.78 Å². The second kappa shape index (κ2) is 5.03. The van der Waals surface area contributed by atoms with Crippen LogP contribution in [-0.4, -0.2) is 18.4 Å². The molecule has 2 rings (SSSR count). The highest BCUT2D eigenvalue weighted by atomic mass is 16.5. The van der Waals surface area contributed by atoms with Gasteiger partial charge < -0.3 is 4.74 Å². The molecule has 0 aromatic heterocycles. The molecule has 1 saturated carbocycles. The maximum absolute atomic E-state index is 11.9. The van der Waals surface area contributed by atoms with Gasteiger partial charge in [-0.1, -0.05) is 18.6 Å². The molecule has 0 spiro atoms. The second-order valence-corrected chi connectivity index (χ2v) is 4.94. The second-order valence-electron chi connectivity index (χ2n) is 4.94. The third-order valence-electron chi connectivity index (χ3n) is 4.03. The topological polar surface area (TPSA) is 43.4 Å². The number of rotatable bonds is 3.